The molecule has 0 fully saturated rings. The smallest absolute Gasteiger partial charge is 1.00 e. The minimum Gasteiger partial charge on any atom is -1.00 e. The molecule has 0 saturated heterocycles. The zero-order valence-electron chi connectivity index (χ0n) is 5.91. The summed E-state index contributed by atoms with van der Waals surface area (Å²) in [6, 6.07) is 0. The average molecular weight is 194 g/mol. The molecule has 4 heteroatoms. The van der Waals surface area contributed by atoms with E-state index in [-0.39, 0.29) is 113 Å². The monoisotopic (exact) mass is 194 g/mol. The molecular weight excluding hydrogens is 187 g/mol. The van der Waals surface area contributed by atoms with Gasteiger partial charge >= 0.3 is 68.5 Å². The second kappa shape index (κ2) is 16.1. The van der Waals surface area contributed by atoms with Gasteiger partial charge in [-0.1, -0.05) is 0 Å². The van der Waals surface area contributed by atoms with E-state index in [1.807, 2.05) is 0 Å². The fourth-order valence-electron chi connectivity index (χ4n) is 0. The summed E-state index contributed by atoms with van der Waals surface area (Å²) in [7, 11) is 0. The van der Waals surface area contributed by atoms with Crippen molar-refractivity contribution < 1.29 is 27.4 Å². The fraction of sp³-hybridized carbons (Fsp3) is 0. The minimum absolute atomic E-state index is 0. The van der Waals surface area contributed by atoms with Gasteiger partial charge in [0.05, 0.1) is 0 Å². The Kier molecular flexibility index (Phi) is 104. The molecule has 0 amide bonds. The first kappa shape index (κ1) is 25.9. The summed E-state index contributed by atoms with van der Waals surface area (Å²) in [6.45, 7) is 0. The van der Waals surface area contributed by atoms with E-state index in [0.717, 1.165) is 0 Å². The Labute approximate surface area is 111 Å². The van der Waals surface area contributed by atoms with E-state index in [1.165, 1.54) is 0 Å². The summed E-state index contributed by atoms with van der Waals surface area (Å²) in [5.41, 5.74) is 0. The van der Waals surface area contributed by atoms with Crippen LogP contribution < -0.4 is 0 Å². The van der Waals surface area contributed by atoms with Crippen LogP contribution in [0.4, 0.5) is 0 Å². The molecule has 0 atom stereocenters. The largest absolute Gasteiger partial charge is 2.00 e. The molecule has 0 aromatic rings. The van der Waals surface area contributed by atoms with Crippen LogP contribution in [0, 0.1) is 0 Å². The van der Waals surface area contributed by atoms with Crippen LogP contribution in [0.25, 0.3) is 0 Å². The molecule has 0 spiro atoms. The Morgan fingerprint density at radius 3 is 1.25 bits per heavy atom. The molecular formula is H7AlMgSrTi. The maximum absolute atomic E-state index is 0. The summed E-state index contributed by atoms with van der Waals surface area (Å²) < 4.78 is 0. The van der Waals surface area contributed by atoms with Gasteiger partial charge in [-0.05, 0) is 0 Å². The van der Waals surface area contributed by atoms with Crippen molar-refractivity contribution in [1.82, 2.24) is 0 Å². The van der Waals surface area contributed by atoms with E-state index < -0.39 is 0 Å². The van der Waals surface area contributed by atoms with Crippen LogP contribution in [-0.2, 0) is 21.7 Å². The summed E-state index contributed by atoms with van der Waals surface area (Å²) in [4.78, 5) is 0. The van der Waals surface area contributed by atoms with Crippen molar-refractivity contribution in [3.05, 3.63) is 0 Å². The number of rotatable bonds is 0. The normalized spacial score (nSPS) is 0. The van der Waals surface area contributed by atoms with Gasteiger partial charge in [0.1, 0.15) is 0 Å². The third-order valence-corrected chi connectivity index (χ3v) is 0. The van der Waals surface area contributed by atoms with E-state index in [2.05, 4.69) is 0 Å². The summed E-state index contributed by atoms with van der Waals surface area (Å²) in [5.74, 6) is 0. The zero-order valence-corrected chi connectivity index (χ0v) is 8.37. The van der Waals surface area contributed by atoms with E-state index >= 15 is 0 Å². The molecule has 0 heterocycles. The van der Waals surface area contributed by atoms with Crippen LogP contribution in [0.5, 0.6) is 0 Å². The van der Waals surface area contributed by atoms with Crippen LogP contribution in [0.2, 0.25) is 0 Å². The van der Waals surface area contributed by atoms with Crippen molar-refractivity contribution >= 4 is 85.9 Å². The van der Waals surface area contributed by atoms with Gasteiger partial charge in [0.15, 0.2) is 17.4 Å². The molecule has 0 saturated carbocycles. The van der Waals surface area contributed by atoms with Crippen LogP contribution in [0.3, 0.4) is 0 Å². The summed E-state index contributed by atoms with van der Waals surface area (Å²) in [5, 5.41) is 0. The van der Waals surface area contributed by atoms with Crippen molar-refractivity contribution in [2.24, 2.45) is 0 Å². The quantitative estimate of drug-likeness (QED) is 0.411. The molecule has 0 aliphatic heterocycles. The molecule has 0 radical (unpaired) electrons. The molecule has 18 valence electrons. The average Bonchev–Trinajstić information content (AvgIpc) is 0. The van der Waals surface area contributed by atoms with Gasteiger partial charge < -0.3 is 5.71 Å². The van der Waals surface area contributed by atoms with Crippen LogP contribution in [-0.4, -0.2) is 85.9 Å². The van der Waals surface area contributed by atoms with Crippen molar-refractivity contribution in [2.45, 2.75) is 0 Å². The van der Waals surface area contributed by atoms with Crippen molar-refractivity contribution in [3.63, 3.8) is 0 Å². The molecule has 4 heavy (non-hydrogen) atoms. The molecule has 0 bridgehead atoms. The Bertz CT molecular complexity index is 16.0. The molecule has 0 aliphatic rings. The number of hydrogen-bond donors (Lipinski definition) is 0. The molecule has 0 aliphatic carbocycles. The third-order valence-electron chi connectivity index (χ3n) is 0. The maximum Gasteiger partial charge on any atom is 2.00 e. The van der Waals surface area contributed by atoms with E-state index in [4.69, 9.17) is 0 Å². The van der Waals surface area contributed by atoms with Crippen molar-refractivity contribution in [1.29, 1.82) is 0 Å². The summed E-state index contributed by atoms with van der Waals surface area (Å²) in [6.07, 6.45) is 0. The minimum atomic E-state index is 0. The molecule has 0 nitrogen and oxygen atoms in total. The maximum atomic E-state index is 0. The Morgan fingerprint density at radius 1 is 1.25 bits per heavy atom. The first-order chi connectivity index (χ1) is 0. The van der Waals surface area contributed by atoms with Gasteiger partial charge in [-0.25, -0.2) is 0 Å². The van der Waals surface area contributed by atoms with Crippen LogP contribution >= 0.6 is 0 Å². The van der Waals surface area contributed by atoms with Gasteiger partial charge in [-0.15, -0.1) is 0 Å². The topological polar surface area (TPSA) is 0 Å². The molecule has 0 rings (SSSR count). The van der Waals surface area contributed by atoms with E-state index in [0.29, 0.717) is 0 Å². The zero-order chi connectivity index (χ0) is 0. The van der Waals surface area contributed by atoms with Gasteiger partial charge in [-0.2, -0.15) is 0 Å². The molecule has 0 aromatic heterocycles. The molecule has 0 aromatic carbocycles. The van der Waals surface area contributed by atoms with Crippen LogP contribution in [0.15, 0.2) is 0 Å². The molecule has 0 N–H and O–H groups in total. The van der Waals surface area contributed by atoms with Gasteiger partial charge in [0, 0.05) is 21.7 Å². The summed E-state index contributed by atoms with van der Waals surface area (Å²) >= 11 is 0. The third kappa shape index (κ3) is 9.09. The Morgan fingerprint density at radius 2 is 1.25 bits per heavy atom. The van der Waals surface area contributed by atoms with E-state index in [9.17, 15) is 0 Å². The van der Waals surface area contributed by atoms with Gasteiger partial charge in [0.25, 0.3) is 0 Å². The van der Waals surface area contributed by atoms with Crippen molar-refractivity contribution in [2.75, 3.05) is 0 Å². The molecule has 0 unspecified atom stereocenters. The predicted octanol–water partition coefficient (Wildman–Crippen LogP) is -1.50. The SMILES string of the molecule is [AlH3].[H-].[H-].[H-].[H-].[Mg+2].[Sr+2].[Ti]. The van der Waals surface area contributed by atoms with E-state index in [1.54, 1.807) is 0 Å². The van der Waals surface area contributed by atoms with Gasteiger partial charge in [-0.3, -0.25) is 0 Å². The second-order valence-corrected chi connectivity index (χ2v) is 0. The predicted molar refractivity (Wildman–Crippen MR) is 25.9 cm³/mol. The van der Waals surface area contributed by atoms with Gasteiger partial charge in [0.2, 0.25) is 0 Å². The first-order valence-corrected chi connectivity index (χ1v) is 0. The Hall–Kier alpha value is 3.49. The first-order valence-electron chi connectivity index (χ1n) is 0. The number of hydrogen-bond acceptors (Lipinski definition) is 0. The van der Waals surface area contributed by atoms with Crippen molar-refractivity contribution in [3.8, 4) is 0 Å². The second-order valence-electron chi connectivity index (χ2n) is 0. The standard InChI is InChI=1S/Al.Mg.Sr.Ti.7H/q;2*+2;;;;;4*-1. The Balaban J connectivity index is 0. The van der Waals surface area contributed by atoms with Crippen LogP contribution in [0.1, 0.15) is 5.71 Å². The fourth-order valence-corrected chi connectivity index (χ4v) is 0.